The summed E-state index contributed by atoms with van der Waals surface area (Å²) in [6.45, 7) is 9.41. The highest BCUT2D eigenvalue weighted by molar-refractivity contribution is 7.57. The molecule has 0 radical (unpaired) electrons. The quantitative estimate of drug-likeness (QED) is 0.285. The highest BCUT2D eigenvalue weighted by atomic mass is 31.1. The topological polar surface area (TPSA) is 0 Å². The number of hydrogen-bond donors (Lipinski definition) is 0. The molecule has 0 aliphatic carbocycles. The fraction of sp³-hybridized carbons (Fsp3) is 1.00. The van der Waals surface area contributed by atoms with E-state index in [1.807, 2.05) is 0 Å². The van der Waals surface area contributed by atoms with Gasteiger partial charge in [-0.3, -0.25) is 0 Å². The van der Waals surface area contributed by atoms with Crippen molar-refractivity contribution in [3.05, 3.63) is 0 Å². The van der Waals surface area contributed by atoms with Crippen LogP contribution in [0.4, 0.5) is 0 Å². The van der Waals surface area contributed by atoms with E-state index in [1.54, 1.807) is 12.3 Å². The average molecular weight is 258 g/mol. The summed E-state index contributed by atoms with van der Waals surface area (Å²) in [5.74, 6) is 0.915. The van der Waals surface area contributed by atoms with Crippen LogP contribution in [0.3, 0.4) is 0 Å². The Morgan fingerprint density at radius 3 is 1.53 bits per heavy atom. The Morgan fingerprint density at radius 1 is 0.706 bits per heavy atom. The smallest absolute Gasteiger partial charge is 0.0303 e. The van der Waals surface area contributed by atoms with Gasteiger partial charge in [0.05, 0.1) is 0 Å². The summed E-state index contributed by atoms with van der Waals surface area (Å²) < 4.78 is 0. The Kier molecular flexibility index (Phi) is 13.2. The Hall–Kier alpha value is 0.430. The van der Waals surface area contributed by atoms with Crippen LogP contribution in [0.5, 0.6) is 0 Å². The molecule has 0 amide bonds. The van der Waals surface area contributed by atoms with Crippen molar-refractivity contribution in [1.82, 2.24) is 0 Å². The predicted molar refractivity (Wildman–Crippen MR) is 84.6 cm³/mol. The Labute approximate surface area is 112 Å². The maximum absolute atomic E-state index is 2.40. The maximum Gasteiger partial charge on any atom is -0.0303 e. The van der Waals surface area contributed by atoms with E-state index in [-0.39, 0.29) is 0 Å². The van der Waals surface area contributed by atoms with Crippen molar-refractivity contribution < 1.29 is 0 Å². The molecule has 0 aromatic rings. The highest BCUT2D eigenvalue weighted by Gasteiger charge is 2.09. The fourth-order valence-electron chi connectivity index (χ4n) is 2.34. The van der Waals surface area contributed by atoms with E-state index < -0.39 is 0 Å². The van der Waals surface area contributed by atoms with E-state index in [0.29, 0.717) is 7.92 Å². The lowest BCUT2D eigenvalue weighted by atomic mass is 10.2. The summed E-state index contributed by atoms with van der Waals surface area (Å²) in [4.78, 5) is 0. The highest BCUT2D eigenvalue weighted by Crippen LogP contribution is 2.40. The molecular weight excluding hydrogens is 223 g/mol. The van der Waals surface area contributed by atoms with E-state index in [4.69, 9.17) is 0 Å². The zero-order chi connectivity index (χ0) is 12.9. The molecule has 0 saturated heterocycles. The summed E-state index contributed by atoms with van der Waals surface area (Å²) in [7, 11) is 0.367. The molecule has 0 N–H and O–H groups in total. The van der Waals surface area contributed by atoms with Gasteiger partial charge in [-0.2, -0.15) is 0 Å². The summed E-state index contributed by atoms with van der Waals surface area (Å²) in [6, 6.07) is 0. The third-order valence-corrected chi connectivity index (χ3v) is 6.42. The van der Waals surface area contributed by atoms with Gasteiger partial charge >= 0.3 is 0 Å². The maximum atomic E-state index is 2.40. The van der Waals surface area contributed by atoms with E-state index in [0.717, 1.165) is 5.92 Å². The molecule has 17 heavy (non-hydrogen) atoms. The minimum atomic E-state index is 0.367. The third kappa shape index (κ3) is 12.7. The Balaban J connectivity index is 3.64. The van der Waals surface area contributed by atoms with E-state index in [2.05, 4.69) is 27.7 Å². The molecule has 0 bridgehead atoms. The van der Waals surface area contributed by atoms with Gasteiger partial charge < -0.3 is 0 Å². The van der Waals surface area contributed by atoms with Gasteiger partial charge in [0, 0.05) is 0 Å². The average Bonchev–Trinajstić information content (AvgIpc) is 2.29. The van der Waals surface area contributed by atoms with Crippen LogP contribution in [0.1, 0.15) is 79.1 Å². The molecule has 0 unspecified atom stereocenters. The lowest BCUT2D eigenvalue weighted by Crippen LogP contribution is -2.01. The second kappa shape index (κ2) is 12.9. The predicted octanol–water partition coefficient (Wildman–Crippen LogP) is 6.28. The van der Waals surface area contributed by atoms with Crippen LogP contribution in [0.2, 0.25) is 0 Å². The molecule has 0 atom stereocenters. The molecule has 0 saturated carbocycles. The zero-order valence-electron chi connectivity index (χ0n) is 12.8. The van der Waals surface area contributed by atoms with Gasteiger partial charge in [0.25, 0.3) is 0 Å². The minimum absolute atomic E-state index is 0.367. The van der Waals surface area contributed by atoms with Gasteiger partial charge in [-0.25, -0.2) is 0 Å². The molecule has 0 nitrogen and oxygen atoms in total. The van der Waals surface area contributed by atoms with Crippen molar-refractivity contribution in [2.24, 2.45) is 5.92 Å². The van der Waals surface area contributed by atoms with Crippen molar-refractivity contribution in [2.45, 2.75) is 79.1 Å². The van der Waals surface area contributed by atoms with Crippen molar-refractivity contribution in [3.63, 3.8) is 0 Å². The van der Waals surface area contributed by atoms with Crippen LogP contribution >= 0.6 is 7.92 Å². The van der Waals surface area contributed by atoms with E-state index in [9.17, 15) is 0 Å². The second-order valence-corrected chi connectivity index (χ2v) is 8.42. The first kappa shape index (κ1) is 17.4. The van der Waals surface area contributed by atoms with E-state index >= 15 is 0 Å². The van der Waals surface area contributed by atoms with Gasteiger partial charge in [0.2, 0.25) is 0 Å². The molecular formula is C16H35P. The van der Waals surface area contributed by atoms with Crippen LogP contribution in [0.15, 0.2) is 0 Å². The second-order valence-electron chi connectivity index (χ2n) is 5.82. The lowest BCUT2D eigenvalue weighted by molar-refractivity contribution is 0.688. The molecule has 0 heterocycles. The standard InChI is InChI=1S/C16H35P/c1-5-7-9-11-13-17(15-16(3)4)14-12-10-8-6-2/h16H,5-15H2,1-4H3. The summed E-state index contributed by atoms with van der Waals surface area (Å²) in [6.07, 6.45) is 16.2. The summed E-state index contributed by atoms with van der Waals surface area (Å²) in [5, 5.41) is 0. The van der Waals surface area contributed by atoms with Gasteiger partial charge in [-0.05, 0) is 37.2 Å². The number of hydrogen-bond acceptors (Lipinski definition) is 0. The van der Waals surface area contributed by atoms with Crippen LogP contribution in [0.25, 0.3) is 0 Å². The monoisotopic (exact) mass is 258 g/mol. The molecule has 0 aromatic carbocycles. The van der Waals surface area contributed by atoms with Gasteiger partial charge in [-0.15, -0.1) is 7.92 Å². The van der Waals surface area contributed by atoms with Gasteiger partial charge in [0.15, 0.2) is 0 Å². The molecule has 0 fully saturated rings. The lowest BCUT2D eigenvalue weighted by Gasteiger charge is -2.19. The number of unbranched alkanes of at least 4 members (excludes halogenated alkanes) is 6. The third-order valence-electron chi connectivity index (χ3n) is 3.28. The summed E-state index contributed by atoms with van der Waals surface area (Å²) in [5.41, 5.74) is 0. The molecule has 1 heteroatoms. The molecule has 0 spiro atoms. The molecule has 0 rings (SSSR count). The summed E-state index contributed by atoms with van der Waals surface area (Å²) >= 11 is 0. The molecule has 0 aliphatic heterocycles. The van der Waals surface area contributed by atoms with E-state index in [1.165, 1.54) is 57.5 Å². The van der Waals surface area contributed by atoms with Crippen molar-refractivity contribution in [3.8, 4) is 0 Å². The Bertz CT molecular complexity index is 130. The van der Waals surface area contributed by atoms with Gasteiger partial charge in [0.1, 0.15) is 0 Å². The van der Waals surface area contributed by atoms with Crippen LogP contribution in [-0.2, 0) is 0 Å². The minimum Gasteiger partial charge on any atom is -0.106 e. The van der Waals surface area contributed by atoms with Crippen LogP contribution in [0, 0.1) is 5.92 Å². The first-order valence-electron chi connectivity index (χ1n) is 7.93. The van der Waals surface area contributed by atoms with Crippen LogP contribution < -0.4 is 0 Å². The normalized spacial score (nSPS) is 11.6. The fourth-order valence-corrected chi connectivity index (χ4v) is 5.30. The van der Waals surface area contributed by atoms with Crippen molar-refractivity contribution in [1.29, 1.82) is 0 Å². The first-order valence-corrected chi connectivity index (χ1v) is 9.82. The van der Waals surface area contributed by atoms with Crippen molar-refractivity contribution >= 4 is 7.92 Å². The first-order chi connectivity index (χ1) is 8.20. The molecule has 0 aromatic heterocycles. The number of rotatable bonds is 12. The zero-order valence-corrected chi connectivity index (χ0v) is 13.7. The molecule has 104 valence electrons. The molecule has 0 aliphatic rings. The SMILES string of the molecule is CCCCCCP(CCCCCC)CC(C)C. The largest absolute Gasteiger partial charge is 0.106 e. The Morgan fingerprint density at radius 2 is 1.18 bits per heavy atom. The van der Waals surface area contributed by atoms with Crippen LogP contribution in [-0.4, -0.2) is 18.5 Å². The van der Waals surface area contributed by atoms with Crippen molar-refractivity contribution in [2.75, 3.05) is 18.5 Å². The van der Waals surface area contributed by atoms with Gasteiger partial charge in [-0.1, -0.05) is 66.2 Å².